The van der Waals surface area contributed by atoms with Crippen molar-refractivity contribution in [3.63, 3.8) is 0 Å². The summed E-state index contributed by atoms with van der Waals surface area (Å²) in [6, 6.07) is 2.55. The molecule has 0 radical (unpaired) electrons. The van der Waals surface area contributed by atoms with E-state index in [1.54, 1.807) is 0 Å². The van der Waals surface area contributed by atoms with Gasteiger partial charge in [0.15, 0.2) is 0 Å². The molecule has 88 valence electrons. The molecule has 0 saturated carbocycles. The summed E-state index contributed by atoms with van der Waals surface area (Å²) in [4.78, 5) is 2.63. The van der Waals surface area contributed by atoms with Crippen molar-refractivity contribution in [2.75, 3.05) is 14.1 Å². The Balaban J connectivity index is 1.95. The lowest BCUT2D eigenvalue weighted by Gasteiger charge is -2.39. The molecule has 3 unspecified atom stereocenters. The predicted octanol–water partition coefficient (Wildman–Crippen LogP) is 2.25. The summed E-state index contributed by atoms with van der Waals surface area (Å²) in [5.41, 5.74) is 0. The first-order valence-electron chi connectivity index (χ1n) is 6.65. The highest BCUT2D eigenvalue weighted by atomic mass is 15.2. The van der Waals surface area contributed by atoms with Crippen LogP contribution in [0.2, 0.25) is 0 Å². The maximum Gasteiger partial charge on any atom is 0.00989 e. The first kappa shape index (κ1) is 11.4. The monoisotopic (exact) mass is 210 g/mol. The highest BCUT2D eigenvalue weighted by molar-refractivity contribution is 4.96. The van der Waals surface area contributed by atoms with Crippen LogP contribution in [-0.4, -0.2) is 37.1 Å². The van der Waals surface area contributed by atoms with Crippen LogP contribution in [0.3, 0.4) is 0 Å². The minimum absolute atomic E-state index is 0.770. The molecule has 0 aromatic rings. The molecule has 2 saturated heterocycles. The number of piperidine rings is 1. The molecule has 2 rings (SSSR count). The van der Waals surface area contributed by atoms with Crippen LogP contribution < -0.4 is 5.32 Å². The van der Waals surface area contributed by atoms with E-state index >= 15 is 0 Å². The molecule has 2 bridgehead atoms. The van der Waals surface area contributed by atoms with E-state index in [2.05, 4.69) is 31.2 Å². The van der Waals surface area contributed by atoms with E-state index in [9.17, 15) is 0 Å². The van der Waals surface area contributed by atoms with Gasteiger partial charge in [0, 0.05) is 18.1 Å². The second-order valence-corrected chi connectivity index (χ2v) is 5.47. The Hall–Kier alpha value is -0.0800. The predicted molar refractivity (Wildman–Crippen MR) is 65.1 cm³/mol. The van der Waals surface area contributed by atoms with Crippen molar-refractivity contribution in [3.8, 4) is 0 Å². The summed E-state index contributed by atoms with van der Waals surface area (Å²) in [5.74, 6) is 0.934. The van der Waals surface area contributed by atoms with Crippen molar-refractivity contribution in [3.05, 3.63) is 0 Å². The second-order valence-electron chi connectivity index (χ2n) is 5.47. The largest absolute Gasteiger partial charge is 0.317 e. The van der Waals surface area contributed by atoms with Crippen molar-refractivity contribution >= 4 is 0 Å². The van der Waals surface area contributed by atoms with Crippen LogP contribution in [0.25, 0.3) is 0 Å². The number of nitrogens with zero attached hydrogens (tertiary/aromatic N) is 1. The SMILES string of the molecule is CCCC(NC)C1CC2CCC(C1)N2C. The zero-order valence-corrected chi connectivity index (χ0v) is 10.5. The Morgan fingerprint density at radius 1 is 1.27 bits per heavy atom. The maximum absolute atomic E-state index is 3.54. The number of rotatable bonds is 4. The summed E-state index contributed by atoms with van der Waals surface area (Å²) >= 11 is 0. The zero-order valence-electron chi connectivity index (χ0n) is 10.5. The number of fused-ring (bicyclic) bond motifs is 2. The van der Waals surface area contributed by atoms with Gasteiger partial charge in [-0.1, -0.05) is 13.3 Å². The minimum atomic E-state index is 0.770. The first-order chi connectivity index (χ1) is 7.26. The highest BCUT2D eigenvalue weighted by Gasteiger charge is 2.40. The van der Waals surface area contributed by atoms with Crippen molar-refractivity contribution in [1.29, 1.82) is 0 Å². The van der Waals surface area contributed by atoms with E-state index in [0.29, 0.717) is 0 Å². The fraction of sp³-hybridized carbons (Fsp3) is 1.00. The van der Waals surface area contributed by atoms with Gasteiger partial charge in [-0.15, -0.1) is 0 Å². The van der Waals surface area contributed by atoms with Crippen LogP contribution >= 0.6 is 0 Å². The van der Waals surface area contributed by atoms with Gasteiger partial charge in [0.2, 0.25) is 0 Å². The molecule has 2 aliphatic heterocycles. The van der Waals surface area contributed by atoms with E-state index in [4.69, 9.17) is 0 Å². The Bertz CT molecular complexity index is 191. The topological polar surface area (TPSA) is 15.3 Å². The minimum Gasteiger partial charge on any atom is -0.317 e. The van der Waals surface area contributed by atoms with Gasteiger partial charge >= 0.3 is 0 Å². The fourth-order valence-corrected chi connectivity index (χ4v) is 3.71. The van der Waals surface area contributed by atoms with Crippen LogP contribution in [0.1, 0.15) is 45.4 Å². The van der Waals surface area contributed by atoms with Crippen LogP contribution in [-0.2, 0) is 0 Å². The van der Waals surface area contributed by atoms with Crippen LogP contribution in [0.5, 0.6) is 0 Å². The Morgan fingerprint density at radius 2 is 1.87 bits per heavy atom. The lowest BCUT2D eigenvalue weighted by molar-refractivity contribution is 0.112. The summed E-state index contributed by atoms with van der Waals surface area (Å²) in [6.07, 6.45) is 8.41. The van der Waals surface area contributed by atoms with Crippen molar-refractivity contribution in [2.45, 2.75) is 63.6 Å². The van der Waals surface area contributed by atoms with Crippen molar-refractivity contribution in [1.82, 2.24) is 10.2 Å². The molecule has 2 heterocycles. The Kier molecular flexibility index (Phi) is 3.68. The van der Waals surface area contributed by atoms with Gasteiger partial charge < -0.3 is 10.2 Å². The molecule has 15 heavy (non-hydrogen) atoms. The molecule has 0 spiro atoms. The number of hydrogen-bond donors (Lipinski definition) is 1. The average molecular weight is 210 g/mol. The standard InChI is InChI=1S/C13H26N2/c1-4-5-13(14-2)10-8-11-6-7-12(9-10)15(11)3/h10-14H,4-9H2,1-3H3. The lowest BCUT2D eigenvalue weighted by Crippen LogP contribution is -2.46. The quantitative estimate of drug-likeness (QED) is 0.765. The highest BCUT2D eigenvalue weighted by Crippen LogP contribution is 2.39. The molecule has 1 N–H and O–H groups in total. The normalized spacial score (nSPS) is 38.2. The summed E-state index contributed by atoms with van der Waals surface area (Å²) < 4.78 is 0. The smallest absolute Gasteiger partial charge is 0.00989 e. The average Bonchev–Trinajstić information content (AvgIpc) is 2.50. The van der Waals surface area contributed by atoms with Crippen molar-refractivity contribution in [2.24, 2.45) is 5.92 Å². The molecule has 2 nitrogen and oxygen atoms in total. The third-order valence-electron chi connectivity index (χ3n) is 4.67. The maximum atomic E-state index is 3.54. The third-order valence-corrected chi connectivity index (χ3v) is 4.67. The van der Waals surface area contributed by atoms with Crippen molar-refractivity contribution < 1.29 is 0 Å². The summed E-state index contributed by atoms with van der Waals surface area (Å²) in [6.45, 7) is 2.30. The third kappa shape index (κ3) is 2.21. The molecular weight excluding hydrogens is 184 g/mol. The van der Waals surface area contributed by atoms with Gasteiger partial charge in [-0.3, -0.25) is 0 Å². The van der Waals surface area contributed by atoms with Crippen LogP contribution in [0.15, 0.2) is 0 Å². The van der Waals surface area contributed by atoms with E-state index < -0.39 is 0 Å². The fourth-order valence-electron chi connectivity index (χ4n) is 3.71. The van der Waals surface area contributed by atoms with Gasteiger partial charge in [-0.2, -0.15) is 0 Å². The van der Waals surface area contributed by atoms with E-state index in [0.717, 1.165) is 24.0 Å². The van der Waals surface area contributed by atoms with Gasteiger partial charge in [-0.25, -0.2) is 0 Å². The number of hydrogen-bond acceptors (Lipinski definition) is 2. The molecular formula is C13H26N2. The van der Waals surface area contributed by atoms with E-state index in [-0.39, 0.29) is 0 Å². The van der Waals surface area contributed by atoms with Gasteiger partial charge in [-0.05, 0) is 52.1 Å². The lowest BCUT2D eigenvalue weighted by atomic mass is 9.83. The van der Waals surface area contributed by atoms with E-state index in [1.807, 2.05) is 0 Å². The van der Waals surface area contributed by atoms with Crippen LogP contribution in [0, 0.1) is 5.92 Å². The van der Waals surface area contributed by atoms with Crippen LogP contribution in [0.4, 0.5) is 0 Å². The second kappa shape index (κ2) is 4.84. The van der Waals surface area contributed by atoms with E-state index in [1.165, 1.54) is 38.5 Å². The Labute approximate surface area is 94.4 Å². The molecule has 2 fully saturated rings. The van der Waals surface area contributed by atoms with Gasteiger partial charge in [0.25, 0.3) is 0 Å². The molecule has 0 aromatic carbocycles. The molecule has 0 aliphatic carbocycles. The molecule has 2 aliphatic rings. The molecule has 0 amide bonds. The first-order valence-corrected chi connectivity index (χ1v) is 6.65. The van der Waals surface area contributed by atoms with Gasteiger partial charge in [0.1, 0.15) is 0 Å². The summed E-state index contributed by atoms with van der Waals surface area (Å²) in [7, 11) is 4.47. The number of nitrogens with one attached hydrogen (secondary N) is 1. The zero-order chi connectivity index (χ0) is 10.8. The molecule has 2 heteroatoms. The van der Waals surface area contributed by atoms with Gasteiger partial charge in [0.05, 0.1) is 0 Å². The molecule has 0 aromatic heterocycles. The molecule has 3 atom stereocenters. The summed E-state index contributed by atoms with van der Waals surface area (Å²) in [5, 5.41) is 3.54. The Morgan fingerprint density at radius 3 is 2.33 bits per heavy atom.